The summed E-state index contributed by atoms with van der Waals surface area (Å²) in [7, 11) is 0. The molecular weight excluding hydrogens is 488 g/mol. The second-order valence-electron chi connectivity index (χ2n) is 7.19. The molecule has 2 heterocycles. The molecular formula is C24H17BrN4O2S. The van der Waals surface area contributed by atoms with Gasteiger partial charge in [0.25, 0.3) is 5.91 Å². The van der Waals surface area contributed by atoms with E-state index in [0.29, 0.717) is 16.7 Å². The average Bonchev–Trinajstić information content (AvgIpc) is 3.17. The van der Waals surface area contributed by atoms with Crippen LogP contribution in [0.2, 0.25) is 0 Å². The molecule has 32 heavy (non-hydrogen) atoms. The molecule has 0 spiro atoms. The number of thioether (sulfide) groups is 1. The lowest BCUT2D eigenvalue weighted by molar-refractivity contribution is -0.124. The molecule has 0 aliphatic carbocycles. The van der Waals surface area contributed by atoms with Crippen LogP contribution >= 0.6 is 27.7 Å². The molecule has 0 radical (unpaired) electrons. The molecule has 6 nitrogen and oxygen atoms in total. The Kier molecular flexibility index (Phi) is 5.63. The number of carbonyl (C=O) groups is 2. The third-order valence-electron chi connectivity index (χ3n) is 5.05. The standard InChI is InChI=1S/C24H17BrN4O2S/c25-16-10-12-17(13-11-16)26-20(30)14-32-24-27-19-9-5-4-8-18(19)22-28-21(23(31)29(22)24)15-6-2-1-3-7-15/h1-13,21H,14H2,(H,26,30)/t21-/m1/s1. The summed E-state index contributed by atoms with van der Waals surface area (Å²) in [4.78, 5) is 36.8. The fraction of sp³-hybridized carbons (Fsp3) is 0.0833. The molecule has 1 N–H and O–H groups in total. The monoisotopic (exact) mass is 504 g/mol. The summed E-state index contributed by atoms with van der Waals surface area (Å²) in [6, 6.07) is 23.8. The minimum atomic E-state index is -0.625. The summed E-state index contributed by atoms with van der Waals surface area (Å²) >= 11 is 4.60. The van der Waals surface area contributed by atoms with E-state index >= 15 is 0 Å². The number of carbonyl (C=O) groups excluding carboxylic acids is 2. The van der Waals surface area contributed by atoms with E-state index in [1.807, 2.05) is 78.9 Å². The van der Waals surface area contributed by atoms with E-state index in [-0.39, 0.29) is 17.6 Å². The first-order chi connectivity index (χ1) is 15.6. The zero-order valence-electron chi connectivity index (χ0n) is 16.7. The van der Waals surface area contributed by atoms with E-state index < -0.39 is 6.04 Å². The molecule has 2 aliphatic rings. The van der Waals surface area contributed by atoms with Crippen molar-refractivity contribution in [2.24, 2.45) is 9.98 Å². The molecule has 0 aromatic heterocycles. The Labute approximate surface area is 197 Å². The normalized spacial score (nSPS) is 16.7. The zero-order chi connectivity index (χ0) is 22.1. The Hall–Kier alpha value is -3.23. The minimum Gasteiger partial charge on any atom is -0.325 e. The molecule has 0 unspecified atom stereocenters. The van der Waals surface area contributed by atoms with E-state index in [9.17, 15) is 9.59 Å². The highest BCUT2D eigenvalue weighted by molar-refractivity contribution is 9.10. The number of anilines is 1. The lowest BCUT2D eigenvalue weighted by Gasteiger charge is -2.25. The number of nitrogens with zero attached hydrogens (tertiary/aromatic N) is 3. The van der Waals surface area contributed by atoms with Gasteiger partial charge in [0.05, 0.1) is 11.4 Å². The van der Waals surface area contributed by atoms with Crippen molar-refractivity contribution < 1.29 is 9.59 Å². The average molecular weight is 505 g/mol. The molecule has 0 saturated carbocycles. The first-order valence-electron chi connectivity index (χ1n) is 9.93. The van der Waals surface area contributed by atoms with Gasteiger partial charge >= 0.3 is 0 Å². The van der Waals surface area contributed by atoms with Crippen LogP contribution < -0.4 is 5.32 Å². The molecule has 0 bridgehead atoms. The van der Waals surface area contributed by atoms with Crippen LogP contribution in [0, 0.1) is 0 Å². The summed E-state index contributed by atoms with van der Waals surface area (Å²) in [5.74, 6) is 0.346. The molecule has 158 valence electrons. The number of hydrogen-bond acceptors (Lipinski definition) is 5. The number of amides is 2. The van der Waals surface area contributed by atoms with Crippen LogP contribution in [0.1, 0.15) is 17.2 Å². The lowest BCUT2D eigenvalue weighted by atomic mass is 10.1. The van der Waals surface area contributed by atoms with Crippen LogP contribution in [-0.4, -0.2) is 33.5 Å². The fourth-order valence-corrected chi connectivity index (χ4v) is 4.62. The van der Waals surface area contributed by atoms with Gasteiger partial charge in [-0.1, -0.05) is 70.2 Å². The maximum atomic E-state index is 13.3. The largest absolute Gasteiger partial charge is 0.325 e. The lowest BCUT2D eigenvalue weighted by Crippen LogP contribution is -2.40. The van der Waals surface area contributed by atoms with E-state index in [1.54, 1.807) is 0 Å². The molecule has 3 aromatic rings. The van der Waals surface area contributed by atoms with Crippen molar-refractivity contribution in [2.75, 3.05) is 11.1 Å². The molecule has 1 atom stereocenters. The van der Waals surface area contributed by atoms with Crippen LogP contribution in [0.5, 0.6) is 0 Å². The highest BCUT2D eigenvalue weighted by Gasteiger charge is 2.42. The van der Waals surface area contributed by atoms with Gasteiger partial charge in [-0.15, -0.1) is 0 Å². The number of para-hydroxylation sites is 1. The van der Waals surface area contributed by atoms with E-state index in [1.165, 1.54) is 16.7 Å². The van der Waals surface area contributed by atoms with Gasteiger partial charge in [0.15, 0.2) is 11.2 Å². The summed E-state index contributed by atoms with van der Waals surface area (Å²) in [6.07, 6.45) is 0. The fourth-order valence-electron chi connectivity index (χ4n) is 3.56. The Balaban J connectivity index is 1.40. The van der Waals surface area contributed by atoms with Crippen molar-refractivity contribution in [1.82, 2.24) is 4.90 Å². The second-order valence-corrected chi connectivity index (χ2v) is 9.05. The van der Waals surface area contributed by atoms with Crippen molar-refractivity contribution >= 4 is 61.9 Å². The number of aliphatic imine (C=N–C) groups is 2. The van der Waals surface area contributed by atoms with Crippen LogP contribution in [0.25, 0.3) is 0 Å². The van der Waals surface area contributed by atoms with Crippen molar-refractivity contribution in [3.05, 3.63) is 94.5 Å². The number of nitrogens with one attached hydrogen (secondary N) is 1. The number of hydrogen-bond donors (Lipinski definition) is 1. The van der Waals surface area contributed by atoms with Gasteiger partial charge in [0.2, 0.25) is 5.91 Å². The van der Waals surface area contributed by atoms with E-state index in [4.69, 9.17) is 4.99 Å². The first-order valence-corrected chi connectivity index (χ1v) is 11.7. The Bertz CT molecular complexity index is 1260. The van der Waals surface area contributed by atoms with Gasteiger partial charge in [0, 0.05) is 15.7 Å². The predicted octanol–water partition coefficient (Wildman–Crippen LogP) is 5.15. The summed E-state index contributed by atoms with van der Waals surface area (Å²) in [6.45, 7) is 0. The molecule has 8 heteroatoms. The Morgan fingerprint density at radius 2 is 1.72 bits per heavy atom. The summed E-state index contributed by atoms with van der Waals surface area (Å²) in [5.41, 5.74) is 3.08. The molecule has 3 aromatic carbocycles. The molecule has 0 saturated heterocycles. The SMILES string of the molecule is O=C(CSC1=Nc2ccccc2C2=N[C@H](c3ccccc3)C(=O)N12)Nc1ccc(Br)cc1. The van der Waals surface area contributed by atoms with E-state index in [0.717, 1.165) is 21.3 Å². The summed E-state index contributed by atoms with van der Waals surface area (Å²) < 4.78 is 0.937. The number of fused-ring (bicyclic) bond motifs is 3. The quantitative estimate of drug-likeness (QED) is 0.533. The number of halogens is 1. The van der Waals surface area contributed by atoms with Crippen molar-refractivity contribution in [3.8, 4) is 0 Å². The third kappa shape index (κ3) is 3.99. The number of rotatable bonds is 4. The van der Waals surface area contributed by atoms with Crippen LogP contribution in [0.4, 0.5) is 11.4 Å². The van der Waals surface area contributed by atoms with Gasteiger partial charge in [-0.3, -0.25) is 9.59 Å². The van der Waals surface area contributed by atoms with Crippen LogP contribution in [-0.2, 0) is 9.59 Å². The first kappa shape index (κ1) is 20.7. The van der Waals surface area contributed by atoms with Gasteiger partial charge in [-0.05, 0) is 42.0 Å². The predicted molar refractivity (Wildman–Crippen MR) is 131 cm³/mol. The van der Waals surface area contributed by atoms with Gasteiger partial charge < -0.3 is 5.32 Å². The maximum Gasteiger partial charge on any atom is 0.263 e. The molecule has 2 amide bonds. The number of benzene rings is 3. The minimum absolute atomic E-state index is 0.115. The van der Waals surface area contributed by atoms with Crippen molar-refractivity contribution in [1.29, 1.82) is 0 Å². The number of amidine groups is 2. The Morgan fingerprint density at radius 1 is 1.00 bits per heavy atom. The van der Waals surface area contributed by atoms with Gasteiger partial charge in [-0.25, -0.2) is 14.9 Å². The molecule has 2 aliphatic heterocycles. The smallest absolute Gasteiger partial charge is 0.263 e. The summed E-state index contributed by atoms with van der Waals surface area (Å²) in [5, 5.41) is 3.32. The van der Waals surface area contributed by atoms with Gasteiger partial charge in [-0.2, -0.15) is 0 Å². The highest BCUT2D eigenvalue weighted by atomic mass is 79.9. The zero-order valence-corrected chi connectivity index (χ0v) is 19.1. The van der Waals surface area contributed by atoms with Gasteiger partial charge in [0.1, 0.15) is 5.84 Å². The third-order valence-corrected chi connectivity index (χ3v) is 6.51. The van der Waals surface area contributed by atoms with Crippen molar-refractivity contribution in [2.45, 2.75) is 6.04 Å². The molecule has 5 rings (SSSR count). The maximum absolute atomic E-state index is 13.3. The van der Waals surface area contributed by atoms with Crippen molar-refractivity contribution in [3.63, 3.8) is 0 Å². The topological polar surface area (TPSA) is 74.1 Å². The van der Waals surface area contributed by atoms with Crippen LogP contribution in [0.3, 0.4) is 0 Å². The Morgan fingerprint density at radius 3 is 2.50 bits per heavy atom. The highest BCUT2D eigenvalue weighted by Crippen LogP contribution is 2.37. The second kappa shape index (κ2) is 8.72. The van der Waals surface area contributed by atoms with E-state index in [2.05, 4.69) is 26.2 Å². The molecule has 0 fully saturated rings. The van der Waals surface area contributed by atoms with Crippen LogP contribution in [0.15, 0.2) is 93.3 Å².